The fourth-order valence-corrected chi connectivity index (χ4v) is 1.44. The number of rotatable bonds is 3. The molecule has 0 unspecified atom stereocenters. The molecule has 16 heavy (non-hydrogen) atoms. The van der Waals surface area contributed by atoms with E-state index in [4.69, 9.17) is 0 Å². The maximum Gasteiger partial charge on any atom is 0.271 e. The summed E-state index contributed by atoms with van der Waals surface area (Å²) in [5.41, 5.74) is 3.86. The molecule has 0 spiro atoms. The Morgan fingerprint density at radius 3 is 2.88 bits per heavy atom. The van der Waals surface area contributed by atoms with E-state index in [1.807, 2.05) is 6.92 Å². The van der Waals surface area contributed by atoms with E-state index in [2.05, 4.69) is 10.5 Å². The summed E-state index contributed by atoms with van der Waals surface area (Å²) in [4.78, 5) is 11.6. The standard InChI is InChI=1S/C12H14N2O2/c1-8(9-5-6-9)13-14-12(16)10-3-2-4-11(15)7-10/h2-4,7,9,15H,5-6H2,1H3,(H,14,16). The van der Waals surface area contributed by atoms with Gasteiger partial charge in [0.05, 0.1) is 0 Å². The predicted octanol–water partition coefficient (Wildman–Crippen LogP) is 1.91. The van der Waals surface area contributed by atoms with Crippen LogP contribution in [0.5, 0.6) is 5.75 Å². The lowest BCUT2D eigenvalue weighted by Crippen LogP contribution is -2.19. The van der Waals surface area contributed by atoms with Crippen molar-refractivity contribution in [1.82, 2.24) is 5.43 Å². The average molecular weight is 218 g/mol. The van der Waals surface area contributed by atoms with Crippen molar-refractivity contribution in [3.63, 3.8) is 0 Å². The van der Waals surface area contributed by atoms with Gasteiger partial charge in [0, 0.05) is 11.3 Å². The third kappa shape index (κ3) is 2.59. The Hall–Kier alpha value is -1.84. The molecule has 2 N–H and O–H groups in total. The van der Waals surface area contributed by atoms with Gasteiger partial charge >= 0.3 is 0 Å². The van der Waals surface area contributed by atoms with E-state index in [0.29, 0.717) is 11.5 Å². The highest BCUT2D eigenvalue weighted by Crippen LogP contribution is 2.30. The number of phenols is 1. The molecule has 1 fully saturated rings. The smallest absolute Gasteiger partial charge is 0.271 e. The van der Waals surface area contributed by atoms with Crippen molar-refractivity contribution in [1.29, 1.82) is 0 Å². The van der Waals surface area contributed by atoms with Gasteiger partial charge in [0.25, 0.3) is 5.91 Å². The third-order valence-electron chi connectivity index (χ3n) is 2.61. The number of hydrogen-bond acceptors (Lipinski definition) is 3. The van der Waals surface area contributed by atoms with Crippen LogP contribution >= 0.6 is 0 Å². The van der Waals surface area contributed by atoms with Gasteiger partial charge in [0.15, 0.2) is 0 Å². The molecule has 0 heterocycles. The van der Waals surface area contributed by atoms with Gasteiger partial charge < -0.3 is 5.11 Å². The SMILES string of the molecule is CC(=NNC(=O)c1cccc(O)c1)C1CC1. The highest BCUT2D eigenvalue weighted by molar-refractivity contribution is 5.96. The number of nitrogens with one attached hydrogen (secondary N) is 1. The third-order valence-corrected chi connectivity index (χ3v) is 2.61. The summed E-state index contributed by atoms with van der Waals surface area (Å²) < 4.78 is 0. The zero-order valence-electron chi connectivity index (χ0n) is 9.10. The molecule has 2 rings (SSSR count). The van der Waals surface area contributed by atoms with E-state index in [9.17, 15) is 9.90 Å². The largest absolute Gasteiger partial charge is 0.508 e. The summed E-state index contributed by atoms with van der Waals surface area (Å²) in [7, 11) is 0. The number of hydrogen-bond donors (Lipinski definition) is 2. The zero-order valence-corrected chi connectivity index (χ0v) is 9.10. The number of carbonyl (C=O) groups excluding carboxylic acids is 1. The van der Waals surface area contributed by atoms with Crippen LogP contribution in [0, 0.1) is 5.92 Å². The highest BCUT2D eigenvalue weighted by atomic mass is 16.3. The molecule has 0 saturated heterocycles. The molecular formula is C12H14N2O2. The Morgan fingerprint density at radius 2 is 2.25 bits per heavy atom. The van der Waals surface area contributed by atoms with Crippen LogP contribution in [0.15, 0.2) is 29.4 Å². The maximum absolute atomic E-state index is 11.6. The van der Waals surface area contributed by atoms with Crippen LogP contribution in [0.4, 0.5) is 0 Å². The van der Waals surface area contributed by atoms with Crippen LogP contribution in [-0.2, 0) is 0 Å². The van der Waals surface area contributed by atoms with Crippen molar-refractivity contribution in [2.24, 2.45) is 11.0 Å². The minimum Gasteiger partial charge on any atom is -0.508 e. The normalized spacial score (nSPS) is 15.9. The van der Waals surface area contributed by atoms with Gasteiger partial charge in [0.1, 0.15) is 5.75 Å². The molecule has 4 nitrogen and oxygen atoms in total. The van der Waals surface area contributed by atoms with Crippen molar-refractivity contribution in [3.05, 3.63) is 29.8 Å². The van der Waals surface area contributed by atoms with Crippen molar-refractivity contribution in [2.45, 2.75) is 19.8 Å². The van der Waals surface area contributed by atoms with Crippen LogP contribution in [0.2, 0.25) is 0 Å². The van der Waals surface area contributed by atoms with Crippen LogP contribution in [-0.4, -0.2) is 16.7 Å². The molecule has 1 aliphatic rings. The van der Waals surface area contributed by atoms with Gasteiger partial charge in [-0.3, -0.25) is 4.79 Å². The Balaban J connectivity index is 2.00. The topological polar surface area (TPSA) is 61.7 Å². The fourth-order valence-electron chi connectivity index (χ4n) is 1.44. The van der Waals surface area contributed by atoms with Crippen LogP contribution in [0.3, 0.4) is 0 Å². The van der Waals surface area contributed by atoms with Crippen molar-refractivity contribution < 1.29 is 9.90 Å². The first-order valence-corrected chi connectivity index (χ1v) is 5.30. The number of nitrogens with zero attached hydrogens (tertiary/aromatic N) is 1. The molecule has 0 bridgehead atoms. The lowest BCUT2D eigenvalue weighted by Gasteiger charge is -2.01. The summed E-state index contributed by atoms with van der Waals surface area (Å²) in [6.07, 6.45) is 2.33. The number of amides is 1. The Labute approximate surface area is 94.0 Å². The molecule has 1 aromatic rings. The molecule has 1 aliphatic carbocycles. The molecule has 1 aromatic carbocycles. The first-order valence-electron chi connectivity index (χ1n) is 5.30. The van der Waals surface area contributed by atoms with Gasteiger partial charge in [-0.25, -0.2) is 5.43 Å². The first-order chi connectivity index (χ1) is 7.66. The maximum atomic E-state index is 11.6. The first kappa shape index (κ1) is 10.7. The molecule has 4 heteroatoms. The number of hydrazone groups is 1. The van der Waals surface area contributed by atoms with Crippen molar-refractivity contribution >= 4 is 11.6 Å². The zero-order chi connectivity index (χ0) is 11.5. The molecular weight excluding hydrogens is 204 g/mol. The summed E-state index contributed by atoms with van der Waals surface area (Å²) in [6.45, 7) is 1.92. The van der Waals surface area contributed by atoms with E-state index in [1.165, 1.54) is 12.1 Å². The molecule has 0 aliphatic heterocycles. The second kappa shape index (κ2) is 4.35. The molecule has 0 atom stereocenters. The number of benzene rings is 1. The van der Waals surface area contributed by atoms with Gasteiger partial charge in [-0.05, 0) is 43.9 Å². The lowest BCUT2D eigenvalue weighted by atomic mass is 10.2. The van der Waals surface area contributed by atoms with Crippen molar-refractivity contribution in [3.8, 4) is 5.75 Å². The molecule has 0 aromatic heterocycles. The highest BCUT2D eigenvalue weighted by Gasteiger charge is 2.24. The lowest BCUT2D eigenvalue weighted by molar-refractivity contribution is 0.0954. The monoisotopic (exact) mass is 218 g/mol. The Bertz CT molecular complexity index is 436. The van der Waals surface area contributed by atoms with Gasteiger partial charge in [-0.1, -0.05) is 6.07 Å². The van der Waals surface area contributed by atoms with E-state index >= 15 is 0 Å². The molecule has 1 saturated carbocycles. The van der Waals surface area contributed by atoms with E-state index in [1.54, 1.807) is 12.1 Å². The second-order valence-corrected chi connectivity index (χ2v) is 4.02. The van der Waals surface area contributed by atoms with Gasteiger partial charge in [-0.2, -0.15) is 5.10 Å². The van der Waals surface area contributed by atoms with Crippen LogP contribution in [0.25, 0.3) is 0 Å². The predicted molar refractivity (Wildman–Crippen MR) is 61.4 cm³/mol. The van der Waals surface area contributed by atoms with Gasteiger partial charge in [-0.15, -0.1) is 0 Å². The van der Waals surface area contributed by atoms with E-state index in [0.717, 1.165) is 18.6 Å². The molecule has 1 amide bonds. The summed E-state index contributed by atoms with van der Waals surface area (Å²) in [6, 6.07) is 6.20. The van der Waals surface area contributed by atoms with Crippen molar-refractivity contribution in [2.75, 3.05) is 0 Å². The Morgan fingerprint density at radius 1 is 1.50 bits per heavy atom. The summed E-state index contributed by atoms with van der Waals surface area (Å²) in [5.74, 6) is 0.330. The number of aromatic hydroxyl groups is 1. The minimum atomic E-state index is -0.295. The quantitative estimate of drug-likeness (QED) is 0.601. The average Bonchev–Trinajstić information content (AvgIpc) is 3.09. The molecule has 0 radical (unpaired) electrons. The van der Waals surface area contributed by atoms with Gasteiger partial charge in [0.2, 0.25) is 0 Å². The minimum absolute atomic E-state index is 0.0792. The van der Waals surface area contributed by atoms with E-state index < -0.39 is 0 Å². The van der Waals surface area contributed by atoms with Crippen LogP contribution in [0.1, 0.15) is 30.1 Å². The summed E-state index contributed by atoms with van der Waals surface area (Å²) in [5, 5.41) is 13.2. The number of carbonyl (C=O) groups is 1. The van der Waals surface area contributed by atoms with E-state index in [-0.39, 0.29) is 11.7 Å². The number of phenolic OH excluding ortho intramolecular Hbond substituents is 1. The van der Waals surface area contributed by atoms with Crippen LogP contribution < -0.4 is 5.43 Å². The summed E-state index contributed by atoms with van der Waals surface area (Å²) >= 11 is 0. The fraction of sp³-hybridized carbons (Fsp3) is 0.333. The Kier molecular flexibility index (Phi) is 2.90. The molecule has 84 valence electrons. The second-order valence-electron chi connectivity index (χ2n) is 4.02.